The number of thioether (sulfide) groups is 1. The summed E-state index contributed by atoms with van der Waals surface area (Å²) in [7, 11) is 3.63. The highest BCUT2D eigenvalue weighted by Gasteiger charge is 2.12. The van der Waals surface area contributed by atoms with Gasteiger partial charge in [-0.3, -0.25) is 4.79 Å². The highest BCUT2D eigenvalue weighted by Crippen LogP contribution is 2.20. The van der Waals surface area contributed by atoms with Crippen LogP contribution in [-0.2, 0) is 11.8 Å². The first-order valence-electron chi connectivity index (χ1n) is 6.77. The molecule has 0 aliphatic heterocycles. The number of amides is 1. The molecule has 0 spiro atoms. The van der Waals surface area contributed by atoms with E-state index in [1.165, 1.54) is 0 Å². The molecule has 1 aromatic heterocycles. The minimum Gasteiger partial charge on any atom is -0.315 e. The summed E-state index contributed by atoms with van der Waals surface area (Å²) in [4.78, 5) is 13.9. The van der Waals surface area contributed by atoms with Crippen molar-refractivity contribution >= 4 is 23.4 Å². The van der Waals surface area contributed by atoms with Crippen molar-refractivity contribution in [2.24, 2.45) is 7.05 Å². The third-order valence-electron chi connectivity index (χ3n) is 3.20. The maximum Gasteiger partial charge on any atom is 0.226 e. The maximum atomic E-state index is 12.2. The zero-order valence-electron chi connectivity index (χ0n) is 12.5. The SMILES string of the molecule is Cc1ccccc1N(C)C(=O)CCCSc1nnnn1C. The highest BCUT2D eigenvalue weighted by atomic mass is 32.2. The number of aromatic nitrogens is 4. The lowest BCUT2D eigenvalue weighted by atomic mass is 10.2. The van der Waals surface area contributed by atoms with Gasteiger partial charge in [0.25, 0.3) is 0 Å². The molecule has 2 rings (SSSR count). The van der Waals surface area contributed by atoms with E-state index in [0.29, 0.717) is 6.42 Å². The van der Waals surface area contributed by atoms with E-state index >= 15 is 0 Å². The van der Waals surface area contributed by atoms with Crippen molar-refractivity contribution < 1.29 is 4.79 Å². The van der Waals surface area contributed by atoms with Gasteiger partial charge in [-0.05, 0) is 35.4 Å². The Morgan fingerprint density at radius 3 is 2.81 bits per heavy atom. The second kappa shape index (κ2) is 7.21. The quantitative estimate of drug-likeness (QED) is 0.604. The molecule has 1 aromatic carbocycles. The first-order chi connectivity index (χ1) is 10.1. The zero-order chi connectivity index (χ0) is 15.2. The molecule has 0 saturated heterocycles. The van der Waals surface area contributed by atoms with Gasteiger partial charge in [0.15, 0.2) is 0 Å². The molecule has 0 saturated carbocycles. The number of hydrogen-bond acceptors (Lipinski definition) is 5. The van der Waals surface area contributed by atoms with E-state index in [2.05, 4.69) is 15.5 Å². The third kappa shape index (κ3) is 4.04. The van der Waals surface area contributed by atoms with Crippen molar-refractivity contribution in [3.05, 3.63) is 29.8 Å². The van der Waals surface area contributed by atoms with E-state index in [-0.39, 0.29) is 5.91 Å². The van der Waals surface area contributed by atoms with Gasteiger partial charge in [-0.2, -0.15) is 0 Å². The van der Waals surface area contributed by atoms with Crippen molar-refractivity contribution in [2.45, 2.75) is 24.9 Å². The Morgan fingerprint density at radius 1 is 1.38 bits per heavy atom. The Morgan fingerprint density at radius 2 is 2.14 bits per heavy atom. The van der Waals surface area contributed by atoms with Crippen molar-refractivity contribution in [1.29, 1.82) is 0 Å². The summed E-state index contributed by atoms with van der Waals surface area (Å²) in [6.07, 6.45) is 1.32. The smallest absolute Gasteiger partial charge is 0.226 e. The lowest BCUT2D eigenvalue weighted by molar-refractivity contribution is -0.118. The van der Waals surface area contributed by atoms with Crippen LogP contribution >= 0.6 is 11.8 Å². The van der Waals surface area contributed by atoms with Crippen molar-refractivity contribution in [1.82, 2.24) is 20.2 Å². The van der Waals surface area contributed by atoms with E-state index < -0.39 is 0 Å². The molecule has 0 radical (unpaired) electrons. The number of rotatable bonds is 6. The Balaban J connectivity index is 1.79. The summed E-state index contributed by atoms with van der Waals surface area (Å²) in [5, 5.41) is 12.0. The van der Waals surface area contributed by atoms with E-state index in [9.17, 15) is 4.79 Å². The number of carbonyl (C=O) groups is 1. The Bertz CT molecular complexity index is 613. The third-order valence-corrected chi connectivity index (χ3v) is 4.30. The lowest BCUT2D eigenvalue weighted by Gasteiger charge is -2.19. The fourth-order valence-electron chi connectivity index (χ4n) is 1.97. The summed E-state index contributed by atoms with van der Waals surface area (Å²) in [5.74, 6) is 0.947. The first-order valence-corrected chi connectivity index (χ1v) is 7.75. The van der Waals surface area contributed by atoms with Crippen LogP contribution in [0.2, 0.25) is 0 Å². The lowest BCUT2D eigenvalue weighted by Crippen LogP contribution is -2.26. The molecular weight excluding hydrogens is 286 g/mol. The van der Waals surface area contributed by atoms with Crippen LogP contribution in [0.25, 0.3) is 0 Å². The van der Waals surface area contributed by atoms with Gasteiger partial charge in [0.1, 0.15) is 0 Å². The van der Waals surface area contributed by atoms with Gasteiger partial charge in [-0.1, -0.05) is 30.0 Å². The van der Waals surface area contributed by atoms with Gasteiger partial charge in [0, 0.05) is 32.0 Å². The Labute approximate surface area is 128 Å². The van der Waals surface area contributed by atoms with E-state index in [1.807, 2.05) is 38.2 Å². The van der Waals surface area contributed by atoms with Crippen molar-refractivity contribution in [2.75, 3.05) is 17.7 Å². The molecule has 21 heavy (non-hydrogen) atoms. The summed E-state index contributed by atoms with van der Waals surface area (Å²) >= 11 is 1.56. The van der Waals surface area contributed by atoms with Crippen LogP contribution < -0.4 is 4.90 Å². The molecule has 0 unspecified atom stereocenters. The zero-order valence-corrected chi connectivity index (χ0v) is 13.3. The van der Waals surface area contributed by atoms with Gasteiger partial charge in [-0.15, -0.1) is 5.10 Å². The fraction of sp³-hybridized carbons (Fsp3) is 0.429. The molecule has 1 heterocycles. The molecule has 112 valence electrons. The van der Waals surface area contributed by atoms with E-state index in [4.69, 9.17) is 0 Å². The largest absolute Gasteiger partial charge is 0.315 e. The minimum absolute atomic E-state index is 0.126. The van der Waals surface area contributed by atoms with Crippen molar-refractivity contribution in [3.63, 3.8) is 0 Å². The highest BCUT2D eigenvalue weighted by molar-refractivity contribution is 7.99. The van der Waals surface area contributed by atoms with Crippen LogP contribution in [0.3, 0.4) is 0 Å². The predicted octanol–water partition coefficient (Wildman–Crippen LogP) is 2.05. The van der Waals surface area contributed by atoms with Crippen LogP contribution in [0.1, 0.15) is 18.4 Å². The Kier molecular flexibility index (Phi) is 5.32. The summed E-state index contributed by atoms with van der Waals surface area (Å²) in [6.45, 7) is 2.01. The fourth-order valence-corrected chi connectivity index (χ4v) is 2.76. The van der Waals surface area contributed by atoms with Crippen LogP contribution in [-0.4, -0.2) is 38.9 Å². The summed E-state index contributed by atoms with van der Waals surface area (Å²) in [5.41, 5.74) is 2.07. The molecule has 7 heteroatoms. The topological polar surface area (TPSA) is 63.9 Å². The number of tetrazole rings is 1. The van der Waals surface area contributed by atoms with Gasteiger partial charge >= 0.3 is 0 Å². The normalized spacial score (nSPS) is 10.6. The molecule has 0 fully saturated rings. The van der Waals surface area contributed by atoms with Crippen LogP contribution in [0, 0.1) is 6.92 Å². The molecule has 6 nitrogen and oxygen atoms in total. The van der Waals surface area contributed by atoms with Crippen LogP contribution in [0.5, 0.6) is 0 Å². The number of benzene rings is 1. The van der Waals surface area contributed by atoms with Crippen LogP contribution in [0.15, 0.2) is 29.4 Å². The minimum atomic E-state index is 0.126. The second-order valence-corrected chi connectivity index (χ2v) is 5.84. The van der Waals surface area contributed by atoms with E-state index in [0.717, 1.165) is 28.6 Å². The van der Waals surface area contributed by atoms with Gasteiger partial charge < -0.3 is 4.90 Å². The Hall–Kier alpha value is -1.89. The molecule has 1 amide bonds. The number of nitrogens with zero attached hydrogens (tertiary/aromatic N) is 5. The molecule has 0 bridgehead atoms. The average molecular weight is 305 g/mol. The monoisotopic (exact) mass is 305 g/mol. The molecular formula is C14H19N5OS. The number of carbonyl (C=O) groups excluding carboxylic acids is 1. The van der Waals surface area contributed by atoms with Gasteiger partial charge in [0.05, 0.1) is 0 Å². The molecule has 0 N–H and O–H groups in total. The summed E-state index contributed by atoms with van der Waals surface area (Å²) in [6, 6.07) is 7.90. The van der Waals surface area contributed by atoms with Gasteiger partial charge in [0.2, 0.25) is 11.1 Å². The second-order valence-electron chi connectivity index (χ2n) is 4.78. The van der Waals surface area contributed by atoms with Crippen LogP contribution in [0.4, 0.5) is 5.69 Å². The number of aryl methyl sites for hydroxylation is 2. The molecule has 0 atom stereocenters. The van der Waals surface area contributed by atoms with Gasteiger partial charge in [-0.25, -0.2) is 4.68 Å². The standard InChI is InChI=1S/C14H19N5OS/c1-11-7-4-5-8-12(11)18(2)13(20)9-6-10-21-14-15-16-17-19(14)3/h4-5,7-8H,6,9-10H2,1-3H3. The number of hydrogen-bond donors (Lipinski definition) is 0. The van der Waals surface area contributed by atoms with E-state index in [1.54, 1.807) is 28.4 Å². The molecule has 0 aliphatic rings. The average Bonchev–Trinajstić information content (AvgIpc) is 2.88. The number of para-hydroxylation sites is 1. The first kappa shape index (κ1) is 15.5. The number of anilines is 1. The maximum absolute atomic E-state index is 12.2. The summed E-state index contributed by atoms with van der Waals surface area (Å²) < 4.78 is 1.63. The van der Waals surface area contributed by atoms with Crippen molar-refractivity contribution in [3.8, 4) is 0 Å². The molecule has 2 aromatic rings. The predicted molar refractivity (Wildman–Crippen MR) is 83.3 cm³/mol. The molecule has 0 aliphatic carbocycles.